The maximum absolute atomic E-state index is 14.0. The lowest BCUT2D eigenvalue weighted by Gasteiger charge is -2.35. The molecule has 8 nitrogen and oxygen atoms in total. The molecule has 0 heterocycles. The van der Waals surface area contributed by atoms with Crippen LogP contribution in [0.5, 0.6) is 0 Å². The molecule has 0 aliphatic carbocycles. The molecule has 0 radical (unpaired) electrons. The molecule has 11 heteroatoms. The molecule has 2 amide bonds. The van der Waals surface area contributed by atoms with Crippen molar-refractivity contribution in [3.63, 3.8) is 0 Å². The second kappa shape index (κ2) is 15.8. The summed E-state index contributed by atoms with van der Waals surface area (Å²) in [4.78, 5) is 27.9. The molecule has 0 fully saturated rings. The first-order valence-corrected chi connectivity index (χ1v) is 15.4. The second-order valence-corrected chi connectivity index (χ2v) is 11.9. The molecule has 0 aliphatic rings. The van der Waals surface area contributed by atoms with E-state index in [9.17, 15) is 31.9 Å². The summed E-state index contributed by atoms with van der Waals surface area (Å²) in [6.45, 7) is 7.91. The highest BCUT2D eigenvalue weighted by Gasteiger charge is 2.31. The van der Waals surface area contributed by atoms with Gasteiger partial charge in [-0.25, -0.2) is 21.9 Å². The minimum Gasteiger partial charge on any atom is -0.391 e. The molecule has 0 saturated heterocycles. The lowest BCUT2D eigenvalue weighted by molar-refractivity contribution is 0.0330. The van der Waals surface area contributed by atoms with E-state index in [0.717, 1.165) is 24.6 Å². The number of hydrogen-bond acceptors (Lipinski definition) is 5. The summed E-state index contributed by atoms with van der Waals surface area (Å²) in [6.07, 6.45) is 0.381. The van der Waals surface area contributed by atoms with Crippen LogP contribution in [0.15, 0.2) is 36.4 Å². The zero-order valence-electron chi connectivity index (χ0n) is 23.7. The number of amides is 2. The highest BCUT2D eigenvalue weighted by molar-refractivity contribution is 7.89. The van der Waals surface area contributed by atoms with Crippen molar-refractivity contribution in [2.24, 2.45) is 0 Å². The SMILES string of the molecule is CCCNC(=O)c1cc(C)cc(C(=O)N(CCC)[C@@H](Cc2cc(F)cc(F)c2)[C@@H](O)CCNS(=O)(=O)CCC)c1. The summed E-state index contributed by atoms with van der Waals surface area (Å²) in [5.41, 5.74) is 1.49. The number of aryl methyl sites for hydroxylation is 1. The van der Waals surface area contributed by atoms with Crippen LogP contribution in [0, 0.1) is 18.6 Å². The van der Waals surface area contributed by atoms with Gasteiger partial charge in [-0.2, -0.15) is 0 Å². The Labute approximate surface area is 236 Å². The van der Waals surface area contributed by atoms with Gasteiger partial charge in [-0.15, -0.1) is 0 Å². The summed E-state index contributed by atoms with van der Waals surface area (Å²) >= 11 is 0. The minimum atomic E-state index is -3.52. The number of carbonyl (C=O) groups is 2. The van der Waals surface area contributed by atoms with Crippen molar-refractivity contribution in [1.29, 1.82) is 0 Å². The Balaban J connectivity index is 2.44. The Morgan fingerprint density at radius 3 is 2.17 bits per heavy atom. The van der Waals surface area contributed by atoms with Crippen LogP contribution in [-0.2, 0) is 16.4 Å². The van der Waals surface area contributed by atoms with Gasteiger partial charge >= 0.3 is 0 Å². The first-order valence-electron chi connectivity index (χ1n) is 13.7. The number of carbonyl (C=O) groups excluding carboxylic acids is 2. The monoisotopic (exact) mass is 581 g/mol. The molecule has 0 aromatic heterocycles. The molecule has 3 N–H and O–H groups in total. The van der Waals surface area contributed by atoms with E-state index in [0.29, 0.717) is 30.5 Å². The predicted octanol–water partition coefficient (Wildman–Crippen LogP) is 3.96. The standard InChI is InChI=1S/C29H41F2N3O5S/c1-5-9-32-28(36)22-13-20(4)14-23(18-22)29(37)34(11-6-2)26(17-21-15-24(30)19-25(31)16-21)27(35)8-10-33-40(38,39)12-7-3/h13-16,18-19,26-27,33,35H,5-12,17H2,1-4H3,(H,32,36)/t26-,27-/m0/s1. The molecule has 222 valence electrons. The van der Waals surface area contributed by atoms with Crippen LogP contribution in [0.2, 0.25) is 0 Å². The number of aliphatic hydroxyl groups is 1. The fourth-order valence-corrected chi connectivity index (χ4v) is 5.63. The lowest BCUT2D eigenvalue weighted by atomic mass is 9.95. The van der Waals surface area contributed by atoms with Crippen LogP contribution in [0.3, 0.4) is 0 Å². The van der Waals surface area contributed by atoms with Gasteiger partial charge in [-0.05, 0) is 80.5 Å². The van der Waals surface area contributed by atoms with E-state index in [1.165, 1.54) is 11.0 Å². The van der Waals surface area contributed by atoms with E-state index in [2.05, 4.69) is 10.0 Å². The number of aliphatic hydroxyl groups excluding tert-OH is 1. The van der Waals surface area contributed by atoms with Crippen molar-refractivity contribution in [1.82, 2.24) is 14.9 Å². The third kappa shape index (κ3) is 10.3. The van der Waals surface area contributed by atoms with Gasteiger partial charge in [0.15, 0.2) is 0 Å². The van der Waals surface area contributed by atoms with Gasteiger partial charge in [0.05, 0.1) is 17.9 Å². The molecule has 0 aliphatic heterocycles. The summed E-state index contributed by atoms with van der Waals surface area (Å²) in [6, 6.07) is 6.91. The van der Waals surface area contributed by atoms with Crippen LogP contribution < -0.4 is 10.0 Å². The first kappa shape index (κ1) is 33.3. The van der Waals surface area contributed by atoms with Crippen LogP contribution in [-0.4, -0.2) is 67.8 Å². The number of sulfonamides is 1. The van der Waals surface area contributed by atoms with Crippen LogP contribution in [0.25, 0.3) is 0 Å². The number of hydrogen-bond donors (Lipinski definition) is 3. The average molecular weight is 582 g/mol. The van der Waals surface area contributed by atoms with Gasteiger partial charge in [-0.3, -0.25) is 9.59 Å². The van der Waals surface area contributed by atoms with E-state index < -0.39 is 39.7 Å². The largest absolute Gasteiger partial charge is 0.391 e. The molecular weight excluding hydrogens is 540 g/mol. The topological polar surface area (TPSA) is 116 Å². The number of nitrogens with zero attached hydrogens (tertiary/aromatic N) is 1. The minimum absolute atomic E-state index is 0.0304. The van der Waals surface area contributed by atoms with Gasteiger partial charge in [0.1, 0.15) is 11.6 Å². The third-order valence-corrected chi connectivity index (χ3v) is 7.88. The highest BCUT2D eigenvalue weighted by Crippen LogP contribution is 2.21. The first-order chi connectivity index (χ1) is 18.9. The maximum atomic E-state index is 14.0. The maximum Gasteiger partial charge on any atom is 0.254 e. The second-order valence-electron chi connectivity index (χ2n) is 9.96. The summed E-state index contributed by atoms with van der Waals surface area (Å²) < 4.78 is 54.7. The molecule has 0 saturated carbocycles. The Bertz CT molecular complexity index is 1240. The van der Waals surface area contributed by atoms with Crippen molar-refractivity contribution in [2.45, 2.75) is 71.9 Å². The molecular formula is C29H41F2N3O5S. The Kier molecular flexibility index (Phi) is 13.1. The molecule has 2 aromatic rings. The van der Waals surface area contributed by atoms with E-state index in [-0.39, 0.29) is 48.7 Å². The number of rotatable bonds is 16. The van der Waals surface area contributed by atoms with Crippen molar-refractivity contribution in [3.05, 3.63) is 70.3 Å². The summed E-state index contributed by atoms with van der Waals surface area (Å²) in [5.74, 6) is -2.40. The molecule has 0 unspecified atom stereocenters. The van der Waals surface area contributed by atoms with Gasteiger partial charge in [0, 0.05) is 36.8 Å². The van der Waals surface area contributed by atoms with Gasteiger partial charge in [0.2, 0.25) is 10.0 Å². The van der Waals surface area contributed by atoms with Crippen LogP contribution >= 0.6 is 0 Å². The Morgan fingerprint density at radius 2 is 1.57 bits per heavy atom. The average Bonchev–Trinajstić information content (AvgIpc) is 2.87. The third-order valence-electron chi connectivity index (χ3n) is 6.29. The van der Waals surface area contributed by atoms with E-state index >= 15 is 0 Å². The lowest BCUT2D eigenvalue weighted by Crippen LogP contribution is -2.49. The molecule has 0 spiro atoms. The smallest absolute Gasteiger partial charge is 0.254 e. The van der Waals surface area contributed by atoms with E-state index in [4.69, 9.17) is 0 Å². The fourth-order valence-electron chi connectivity index (χ4n) is 4.52. The normalized spacial score (nSPS) is 13.1. The Hall–Kier alpha value is -2.89. The van der Waals surface area contributed by atoms with E-state index in [1.54, 1.807) is 26.0 Å². The quantitative estimate of drug-likeness (QED) is 0.278. The molecule has 0 bridgehead atoms. The zero-order valence-corrected chi connectivity index (χ0v) is 24.5. The molecule has 2 aromatic carbocycles. The van der Waals surface area contributed by atoms with Crippen LogP contribution in [0.4, 0.5) is 8.78 Å². The summed E-state index contributed by atoms with van der Waals surface area (Å²) in [7, 11) is -3.52. The van der Waals surface area contributed by atoms with Crippen molar-refractivity contribution in [2.75, 3.05) is 25.4 Å². The van der Waals surface area contributed by atoms with Crippen molar-refractivity contribution >= 4 is 21.8 Å². The molecule has 40 heavy (non-hydrogen) atoms. The van der Waals surface area contributed by atoms with Crippen LogP contribution in [0.1, 0.15) is 78.3 Å². The van der Waals surface area contributed by atoms with Gasteiger partial charge < -0.3 is 15.3 Å². The van der Waals surface area contributed by atoms with Crippen molar-refractivity contribution in [3.8, 4) is 0 Å². The molecule has 2 atom stereocenters. The number of nitrogens with one attached hydrogen (secondary N) is 2. The molecule has 2 rings (SSSR count). The zero-order chi connectivity index (χ0) is 29.9. The predicted molar refractivity (Wildman–Crippen MR) is 152 cm³/mol. The highest BCUT2D eigenvalue weighted by atomic mass is 32.2. The summed E-state index contributed by atoms with van der Waals surface area (Å²) in [5, 5.41) is 14.0. The number of benzene rings is 2. The van der Waals surface area contributed by atoms with Gasteiger partial charge in [0.25, 0.3) is 11.8 Å². The van der Waals surface area contributed by atoms with Crippen molar-refractivity contribution < 1.29 is 31.9 Å². The fraction of sp³-hybridized carbons (Fsp3) is 0.517. The van der Waals surface area contributed by atoms with E-state index in [1.807, 2.05) is 13.8 Å². The number of halogens is 2. The Morgan fingerprint density at radius 1 is 0.925 bits per heavy atom. The van der Waals surface area contributed by atoms with Gasteiger partial charge in [-0.1, -0.05) is 20.8 Å².